The van der Waals surface area contributed by atoms with Gasteiger partial charge < -0.3 is 5.32 Å². The first-order chi connectivity index (χ1) is 14.3. The quantitative estimate of drug-likeness (QED) is 0.729. The summed E-state index contributed by atoms with van der Waals surface area (Å²) in [6.45, 7) is 2.49. The molecule has 1 aromatic heterocycles. The number of nitrogens with one attached hydrogen (secondary N) is 2. The summed E-state index contributed by atoms with van der Waals surface area (Å²) in [4.78, 5) is 19.1. The maximum atomic E-state index is 13.6. The summed E-state index contributed by atoms with van der Waals surface area (Å²) in [5.41, 5.74) is 2.77. The number of thiophene rings is 1. The van der Waals surface area contributed by atoms with E-state index in [1.807, 2.05) is 17.5 Å². The molecule has 160 valence electrons. The van der Waals surface area contributed by atoms with Crippen LogP contribution in [0.1, 0.15) is 23.3 Å². The van der Waals surface area contributed by atoms with Crippen molar-refractivity contribution in [2.75, 3.05) is 13.1 Å². The fourth-order valence-electron chi connectivity index (χ4n) is 3.61. The average molecular weight is 452 g/mol. The van der Waals surface area contributed by atoms with E-state index in [2.05, 4.69) is 10.8 Å². The van der Waals surface area contributed by atoms with E-state index in [-0.39, 0.29) is 23.9 Å². The van der Waals surface area contributed by atoms with E-state index in [1.165, 1.54) is 16.4 Å². The van der Waals surface area contributed by atoms with Gasteiger partial charge >= 0.3 is 0 Å². The predicted molar refractivity (Wildman–Crippen MR) is 110 cm³/mol. The van der Waals surface area contributed by atoms with Crippen LogP contribution in [-0.2, 0) is 26.2 Å². The molecule has 2 N–H and O–H groups in total. The second-order valence-electron chi connectivity index (χ2n) is 7.40. The Bertz CT molecular complexity index is 1080. The van der Waals surface area contributed by atoms with Gasteiger partial charge in [0.25, 0.3) is 5.91 Å². The molecule has 1 saturated heterocycles. The molecule has 10 heteroatoms. The van der Waals surface area contributed by atoms with Crippen LogP contribution in [0.5, 0.6) is 0 Å². The van der Waals surface area contributed by atoms with Crippen LogP contribution in [0.25, 0.3) is 0 Å². The number of carbonyl (C=O) groups excluding carboxylic acids is 1. The minimum Gasteiger partial charge on any atom is -0.346 e. The van der Waals surface area contributed by atoms with Crippen LogP contribution in [0, 0.1) is 12.7 Å². The number of piperidine rings is 1. The molecular weight excluding hydrogens is 429 g/mol. The summed E-state index contributed by atoms with van der Waals surface area (Å²) < 4.78 is 40.9. The van der Waals surface area contributed by atoms with Crippen molar-refractivity contribution in [1.29, 1.82) is 0 Å². The number of benzene rings is 1. The van der Waals surface area contributed by atoms with Crippen LogP contribution in [0.15, 0.2) is 52.4 Å². The van der Waals surface area contributed by atoms with Gasteiger partial charge in [-0.25, -0.2) is 12.8 Å². The Hall–Kier alpha value is -2.27. The maximum Gasteiger partial charge on any atom is 0.269 e. The molecule has 2 aliphatic heterocycles. The van der Waals surface area contributed by atoms with Gasteiger partial charge in [-0.15, -0.1) is 11.3 Å². The molecule has 0 radical (unpaired) electrons. The first-order valence-corrected chi connectivity index (χ1v) is 11.8. The fourth-order valence-corrected chi connectivity index (χ4v) is 5.93. The maximum absolute atomic E-state index is 13.6. The van der Waals surface area contributed by atoms with Crippen molar-refractivity contribution in [3.8, 4) is 0 Å². The molecule has 0 atom stereocenters. The lowest BCUT2D eigenvalue weighted by atomic mass is 9.92. The van der Waals surface area contributed by atoms with Crippen LogP contribution >= 0.6 is 11.3 Å². The lowest BCUT2D eigenvalue weighted by Gasteiger charge is -2.36. The van der Waals surface area contributed by atoms with Crippen molar-refractivity contribution in [1.82, 2.24) is 15.1 Å². The van der Waals surface area contributed by atoms with Crippen LogP contribution in [0.4, 0.5) is 4.39 Å². The Morgan fingerprint density at radius 3 is 2.80 bits per heavy atom. The van der Waals surface area contributed by atoms with E-state index in [4.69, 9.17) is 4.84 Å². The van der Waals surface area contributed by atoms with Crippen molar-refractivity contribution < 1.29 is 22.4 Å². The van der Waals surface area contributed by atoms with Crippen LogP contribution in [0.2, 0.25) is 0 Å². The van der Waals surface area contributed by atoms with Gasteiger partial charge in [0.1, 0.15) is 17.1 Å². The van der Waals surface area contributed by atoms with Crippen molar-refractivity contribution in [3.63, 3.8) is 0 Å². The van der Waals surface area contributed by atoms with Crippen molar-refractivity contribution in [2.24, 2.45) is 0 Å². The van der Waals surface area contributed by atoms with E-state index >= 15 is 0 Å². The molecule has 2 aliphatic rings. The zero-order valence-electron chi connectivity index (χ0n) is 16.4. The molecule has 30 heavy (non-hydrogen) atoms. The van der Waals surface area contributed by atoms with E-state index < -0.39 is 21.4 Å². The van der Waals surface area contributed by atoms with Crippen LogP contribution < -0.4 is 10.8 Å². The van der Waals surface area contributed by atoms with E-state index in [0.717, 1.165) is 10.9 Å². The molecule has 0 aliphatic carbocycles. The standard InChI is InChI=1S/C20H22FN3O4S2/c1-14-4-5-15(21)11-18(14)30(26,27)24-8-6-20(7-9-24)12-17(23-28-20)19(25)22-13-16-3-2-10-29-16/h2-5,10-12,23H,6-9,13H2,1H3,(H,22,25). The van der Waals surface area contributed by atoms with Crippen LogP contribution in [-0.4, -0.2) is 37.3 Å². The third-order valence-electron chi connectivity index (χ3n) is 5.36. The number of aryl methyl sites for hydroxylation is 1. The zero-order chi connectivity index (χ0) is 21.4. The van der Waals surface area contributed by atoms with Gasteiger partial charge in [-0.2, -0.15) is 4.31 Å². The van der Waals surface area contributed by atoms with Crippen molar-refractivity contribution in [2.45, 2.75) is 36.8 Å². The summed E-state index contributed by atoms with van der Waals surface area (Å²) in [5, 5.41) is 4.78. The van der Waals surface area contributed by atoms with Gasteiger partial charge in [0, 0.05) is 18.0 Å². The monoisotopic (exact) mass is 451 g/mol. The van der Waals surface area contributed by atoms with Crippen LogP contribution in [0.3, 0.4) is 0 Å². The Balaban J connectivity index is 1.41. The molecule has 0 unspecified atom stereocenters. The van der Waals surface area contributed by atoms with Gasteiger partial charge in [-0.1, -0.05) is 12.1 Å². The fraction of sp³-hybridized carbons (Fsp3) is 0.350. The number of hydroxylamine groups is 1. The number of halogens is 1. The Morgan fingerprint density at radius 2 is 2.10 bits per heavy atom. The third kappa shape index (κ3) is 4.13. The third-order valence-corrected chi connectivity index (χ3v) is 8.27. The molecule has 1 amide bonds. The van der Waals surface area contributed by atoms with Gasteiger partial charge in [-0.3, -0.25) is 15.1 Å². The molecule has 2 aromatic rings. The topological polar surface area (TPSA) is 87.7 Å². The highest BCUT2D eigenvalue weighted by Gasteiger charge is 2.43. The first-order valence-electron chi connectivity index (χ1n) is 9.53. The molecule has 1 fully saturated rings. The zero-order valence-corrected chi connectivity index (χ0v) is 18.0. The molecule has 1 spiro atoms. The predicted octanol–water partition coefficient (Wildman–Crippen LogP) is 2.45. The van der Waals surface area contributed by atoms with E-state index in [0.29, 0.717) is 30.6 Å². The number of sulfonamides is 1. The summed E-state index contributed by atoms with van der Waals surface area (Å²) >= 11 is 1.56. The number of nitrogens with zero attached hydrogens (tertiary/aromatic N) is 1. The van der Waals surface area contributed by atoms with Gasteiger partial charge in [-0.05, 0) is 55.0 Å². The Morgan fingerprint density at radius 1 is 1.33 bits per heavy atom. The van der Waals surface area contributed by atoms with Crippen molar-refractivity contribution in [3.05, 3.63) is 63.7 Å². The highest BCUT2D eigenvalue weighted by molar-refractivity contribution is 7.89. The SMILES string of the molecule is Cc1ccc(F)cc1S(=O)(=O)N1CCC2(C=C(C(=O)NCc3cccs3)NO2)CC1. The highest BCUT2D eigenvalue weighted by atomic mass is 32.2. The normalized spacial score (nSPS) is 18.8. The summed E-state index contributed by atoms with van der Waals surface area (Å²) in [6, 6.07) is 7.62. The number of carbonyl (C=O) groups is 1. The average Bonchev–Trinajstić information content (AvgIpc) is 3.39. The number of rotatable bonds is 5. The minimum absolute atomic E-state index is 0.0203. The highest BCUT2D eigenvalue weighted by Crippen LogP contribution is 2.34. The van der Waals surface area contributed by atoms with Gasteiger partial charge in [0.15, 0.2) is 0 Å². The smallest absolute Gasteiger partial charge is 0.269 e. The number of hydrogen-bond acceptors (Lipinski definition) is 6. The molecule has 4 rings (SSSR count). The Labute approximate surface area is 178 Å². The largest absolute Gasteiger partial charge is 0.346 e. The molecule has 0 bridgehead atoms. The summed E-state index contributed by atoms with van der Waals surface area (Å²) in [5.74, 6) is -0.858. The number of amides is 1. The Kier molecular flexibility index (Phi) is 5.67. The molecule has 7 nitrogen and oxygen atoms in total. The summed E-state index contributed by atoms with van der Waals surface area (Å²) in [6.07, 6.45) is 2.50. The van der Waals surface area contributed by atoms with Gasteiger partial charge in [0.2, 0.25) is 10.0 Å². The molecule has 1 aromatic carbocycles. The molecular formula is C20H22FN3O4S2. The van der Waals surface area contributed by atoms with Gasteiger partial charge in [0.05, 0.1) is 11.4 Å². The van der Waals surface area contributed by atoms with E-state index in [9.17, 15) is 17.6 Å². The second-order valence-corrected chi connectivity index (χ2v) is 10.3. The first kappa shape index (κ1) is 21.0. The lowest BCUT2D eigenvalue weighted by molar-refractivity contribution is -0.120. The minimum atomic E-state index is -3.81. The van der Waals surface area contributed by atoms with E-state index in [1.54, 1.807) is 24.3 Å². The molecule has 3 heterocycles. The second kappa shape index (κ2) is 8.10. The molecule has 0 saturated carbocycles. The van der Waals surface area contributed by atoms with Crippen molar-refractivity contribution >= 4 is 27.3 Å². The summed E-state index contributed by atoms with van der Waals surface area (Å²) in [7, 11) is -3.81. The number of hydrogen-bond donors (Lipinski definition) is 2. The lowest BCUT2D eigenvalue weighted by Crippen LogP contribution is -2.46.